The smallest absolute Gasteiger partial charge is 0.335 e. The molecule has 2 aromatic rings. The van der Waals surface area contributed by atoms with Crippen molar-refractivity contribution < 1.29 is 14.7 Å². The maximum absolute atomic E-state index is 11.3. The summed E-state index contributed by atoms with van der Waals surface area (Å²) in [5.74, 6) is -0.879. The van der Waals surface area contributed by atoms with E-state index < -0.39 is 5.97 Å². The van der Waals surface area contributed by atoms with E-state index in [1.807, 2.05) is 19.9 Å². The van der Waals surface area contributed by atoms with Gasteiger partial charge >= 0.3 is 5.97 Å². The summed E-state index contributed by atoms with van der Waals surface area (Å²) < 4.78 is 2.15. The number of fused-ring (bicyclic) bond motifs is 1. The molecule has 0 atom stereocenters. The zero-order valence-electron chi connectivity index (χ0n) is 12.6. The number of carbonyl (C=O) groups is 2. The molecule has 5 nitrogen and oxygen atoms in total. The summed E-state index contributed by atoms with van der Waals surface area (Å²) in [6.07, 6.45) is 1.24. The molecule has 1 aromatic carbocycles. The van der Waals surface area contributed by atoms with Crippen molar-refractivity contribution in [3.8, 4) is 0 Å². The van der Waals surface area contributed by atoms with Crippen LogP contribution in [0.1, 0.15) is 34.5 Å². The molecule has 0 fully saturated rings. The third kappa shape index (κ3) is 2.91. The molecule has 2 rings (SSSR count). The van der Waals surface area contributed by atoms with Crippen LogP contribution in [0.2, 0.25) is 0 Å². The predicted molar refractivity (Wildman–Crippen MR) is 81.7 cm³/mol. The number of carboxylic acids is 1. The minimum Gasteiger partial charge on any atom is -0.478 e. The van der Waals surface area contributed by atoms with Crippen LogP contribution in [0.3, 0.4) is 0 Å². The SMILES string of the molecule is CNC(=O)CCCn1c(C)c(C)c2cc(C(=O)O)ccc21. The molecule has 0 saturated heterocycles. The van der Waals surface area contributed by atoms with Gasteiger partial charge in [0.05, 0.1) is 5.56 Å². The van der Waals surface area contributed by atoms with Crippen molar-refractivity contribution >= 4 is 22.8 Å². The molecule has 112 valence electrons. The van der Waals surface area contributed by atoms with E-state index in [1.54, 1.807) is 19.2 Å². The normalized spacial score (nSPS) is 10.8. The number of aryl methyl sites for hydroxylation is 2. The average Bonchev–Trinajstić information content (AvgIpc) is 2.71. The number of nitrogens with one attached hydrogen (secondary N) is 1. The summed E-state index contributed by atoms with van der Waals surface area (Å²) in [7, 11) is 1.64. The Hall–Kier alpha value is -2.30. The Balaban J connectivity index is 2.33. The zero-order chi connectivity index (χ0) is 15.6. The van der Waals surface area contributed by atoms with Gasteiger partial charge in [-0.25, -0.2) is 4.79 Å². The van der Waals surface area contributed by atoms with Gasteiger partial charge in [-0.15, -0.1) is 0 Å². The van der Waals surface area contributed by atoms with Crippen LogP contribution in [-0.4, -0.2) is 28.6 Å². The minimum atomic E-state index is -0.915. The van der Waals surface area contributed by atoms with E-state index in [9.17, 15) is 9.59 Å². The lowest BCUT2D eigenvalue weighted by Crippen LogP contribution is -2.17. The van der Waals surface area contributed by atoms with Crippen LogP contribution >= 0.6 is 0 Å². The third-order valence-electron chi connectivity index (χ3n) is 3.95. The van der Waals surface area contributed by atoms with Crippen LogP contribution < -0.4 is 5.32 Å². The van der Waals surface area contributed by atoms with Gasteiger partial charge in [0.2, 0.25) is 5.91 Å². The maximum atomic E-state index is 11.3. The lowest BCUT2D eigenvalue weighted by molar-refractivity contribution is -0.120. The Kier molecular flexibility index (Phi) is 4.31. The van der Waals surface area contributed by atoms with Gasteiger partial charge in [-0.2, -0.15) is 0 Å². The van der Waals surface area contributed by atoms with Crippen molar-refractivity contribution in [2.45, 2.75) is 33.2 Å². The quantitative estimate of drug-likeness (QED) is 0.888. The fraction of sp³-hybridized carbons (Fsp3) is 0.375. The molecule has 21 heavy (non-hydrogen) atoms. The third-order valence-corrected chi connectivity index (χ3v) is 3.95. The molecule has 5 heteroatoms. The Morgan fingerprint density at radius 1 is 1.29 bits per heavy atom. The monoisotopic (exact) mass is 288 g/mol. The lowest BCUT2D eigenvalue weighted by atomic mass is 10.1. The summed E-state index contributed by atoms with van der Waals surface area (Å²) in [6, 6.07) is 5.19. The maximum Gasteiger partial charge on any atom is 0.335 e. The van der Waals surface area contributed by atoms with E-state index in [2.05, 4.69) is 9.88 Å². The highest BCUT2D eigenvalue weighted by Gasteiger charge is 2.13. The zero-order valence-corrected chi connectivity index (χ0v) is 12.6. The van der Waals surface area contributed by atoms with Gasteiger partial charge in [-0.3, -0.25) is 4.79 Å². The molecule has 1 heterocycles. The van der Waals surface area contributed by atoms with E-state index >= 15 is 0 Å². The number of hydrogen-bond acceptors (Lipinski definition) is 2. The highest BCUT2D eigenvalue weighted by Crippen LogP contribution is 2.26. The van der Waals surface area contributed by atoms with Crippen LogP contribution in [0.25, 0.3) is 10.9 Å². The number of nitrogens with zero attached hydrogens (tertiary/aromatic N) is 1. The second-order valence-electron chi connectivity index (χ2n) is 5.18. The first kappa shape index (κ1) is 15.1. The minimum absolute atomic E-state index is 0.0361. The van der Waals surface area contributed by atoms with Crippen molar-refractivity contribution in [3.63, 3.8) is 0 Å². The van der Waals surface area contributed by atoms with E-state index in [0.717, 1.165) is 35.1 Å². The number of benzene rings is 1. The first-order valence-corrected chi connectivity index (χ1v) is 6.99. The molecule has 0 saturated carbocycles. The van der Waals surface area contributed by atoms with Crippen LogP contribution in [0.15, 0.2) is 18.2 Å². The first-order valence-electron chi connectivity index (χ1n) is 6.99. The van der Waals surface area contributed by atoms with Gasteiger partial charge in [0.1, 0.15) is 0 Å². The van der Waals surface area contributed by atoms with E-state index in [4.69, 9.17) is 5.11 Å². The lowest BCUT2D eigenvalue weighted by Gasteiger charge is -2.08. The molecule has 0 aliphatic carbocycles. The van der Waals surface area contributed by atoms with Gasteiger partial charge < -0.3 is 15.0 Å². The molecular formula is C16H20N2O3. The standard InChI is InChI=1S/C16H20N2O3/c1-10-11(2)18(8-4-5-15(19)17-3)14-7-6-12(16(20)21)9-13(10)14/h6-7,9H,4-5,8H2,1-3H3,(H,17,19)(H,20,21). The first-order chi connectivity index (χ1) is 9.95. The molecule has 1 amide bonds. The van der Waals surface area contributed by atoms with Gasteiger partial charge in [0, 0.05) is 36.6 Å². The molecule has 0 aliphatic heterocycles. The average molecular weight is 288 g/mol. The van der Waals surface area contributed by atoms with Gasteiger partial charge in [-0.05, 0) is 44.0 Å². The highest BCUT2D eigenvalue weighted by atomic mass is 16.4. The molecule has 0 unspecified atom stereocenters. The number of carboxylic acid groups (broad SMARTS) is 1. The van der Waals surface area contributed by atoms with E-state index in [0.29, 0.717) is 12.0 Å². The second-order valence-corrected chi connectivity index (χ2v) is 5.18. The fourth-order valence-corrected chi connectivity index (χ4v) is 2.59. The van der Waals surface area contributed by atoms with Crippen LogP contribution in [0.4, 0.5) is 0 Å². The van der Waals surface area contributed by atoms with Crippen molar-refractivity contribution in [2.24, 2.45) is 0 Å². The van der Waals surface area contributed by atoms with Crippen LogP contribution in [-0.2, 0) is 11.3 Å². The van der Waals surface area contributed by atoms with Gasteiger partial charge in [0.15, 0.2) is 0 Å². The topological polar surface area (TPSA) is 71.3 Å². The Morgan fingerprint density at radius 3 is 2.62 bits per heavy atom. The van der Waals surface area contributed by atoms with E-state index in [-0.39, 0.29) is 5.91 Å². The number of aromatic nitrogens is 1. The van der Waals surface area contributed by atoms with Crippen molar-refractivity contribution in [2.75, 3.05) is 7.05 Å². The van der Waals surface area contributed by atoms with Crippen LogP contribution in [0, 0.1) is 13.8 Å². The second kappa shape index (κ2) is 5.99. The Morgan fingerprint density at radius 2 is 2.00 bits per heavy atom. The number of rotatable bonds is 5. The summed E-state index contributed by atoms with van der Waals surface area (Å²) in [5, 5.41) is 12.7. The largest absolute Gasteiger partial charge is 0.478 e. The fourth-order valence-electron chi connectivity index (χ4n) is 2.59. The molecule has 0 bridgehead atoms. The molecule has 0 spiro atoms. The van der Waals surface area contributed by atoms with Gasteiger partial charge in [-0.1, -0.05) is 0 Å². The number of amides is 1. The number of aromatic carboxylic acids is 1. The molecule has 2 N–H and O–H groups in total. The summed E-state index contributed by atoms with van der Waals surface area (Å²) in [6.45, 7) is 4.77. The van der Waals surface area contributed by atoms with Crippen molar-refractivity contribution in [1.29, 1.82) is 0 Å². The van der Waals surface area contributed by atoms with Gasteiger partial charge in [0.25, 0.3) is 0 Å². The Labute approximate surface area is 123 Å². The van der Waals surface area contributed by atoms with Crippen LogP contribution in [0.5, 0.6) is 0 Å². The Bertz CT molecular complexity index is 701. The molecule has 0 aliphatic rings. The molecule has 1 aromatic heterocycles. The summed E-state index contributed by atoms with van der Waals surface area (Å²) in [4.78, 5) is 22.4. The van der Waals surface area contributed by atoms with Crippen molar-refractivity contribution in [3.05, 3.63) is 35.0 Å². The number of carbonyl (C=O) groups excluding carboxylic acids is 1. The highest BCUT2D eigenvalue weighted by molar-refractivity contribution is 5.95. The predicted octanol–water partition coefficient (Wildman–Crippen LogP) is 2.48. The number of hydrogen-bond donors (Lipinski definition) is 2. The molecule has 0 radical (unpaired) electrons. The molecular weight excluding hydrogens is 268 g/mol. The van der Waals surface area contributed by atoms with E-state index in [1.165, 1.54) is 0 Å². The summed E-state index contributed by atoms with van der Waals surface area (Å²) >= 11 is 0. The van der Waals surface area contributed by atoms with Crippen molar-refractivity contribution in [1.82, 2.24) is 9.88 Å². The summed E-state index contributed by atoms with van der Waals surface area (Å²) in [5.41, 5.74) is 3.53.